The van der Waals surface area contributed by atoms with Gasteiger partial charge < -0.3 is 15.7 Å². The van der Waals surface area contributed by atoms with E-state index in [-0.39, 0.29) is 12.3 Å². The summed E-state index contributed by atoms with van der Waals surface area (Å²) in [5.41, 5.74) is 6.97. The van der Waals surface area contributed by atoms with Gasteiger partial charge in [-0.1, -0.05) is 12.1 Å². The second-order valence-electron chi connectivity index (χ2n) is 5.20. The van der Waals surface area contributed by atoms with E-state index in [1.54, 1.807) is 24.3 Å². The lowest BCUT2D eigenvalue weighted by molar-refractivity contribution is -0.138. The van der Waals surface area contributed by atoms with Gasteiger partial charge in [0.1, 0.15) is 6.04 Å². The quantitative estimate of drug-likeness (QED) is 0.867. The lowest BCUT2D eigenvalue weighted by atomic mass is 10.0. The number of rotatable bonds is 4. The number of likely N-dealkylation sites (tertiary alicyclic amines) is 1. The zero-order chi connectivity index (χ0) is 14.5. The molecule has 1 heterocycles. The number of carbonyl (C=O) groups is 2. The Kier molecular flexibility index (Phi) is 4.74. The van der Waals surface area contributed by atoms with E-state index in [1.165, 1.54) is 6.42 Å². The first-order valence-corrected chi connectivity index (χ1v) is 6.94. The summed E-state index contributed by atoms with van der Waals surface area (Å²) in [5, 5.41) is 8.77. The Balaban J connectivity index is 2.00. The highest BCUT2D eigenvalue weighted by Crippen LogP contribution is 2.14. The predicted octanol–water partition coefficient (Wildman–Crippen LogP) is 1.27. The minimum absolute atomic E-state index is 0.0544. The predicted molar refractivity (Wildman–Crippen MR) is 75.5 cm³/mol. The average Bonchev–Trinajstić information content (AvgIpc) is 2.48. The van der Waals surface area contributed by atoms with Gasteiger partial charge >= 0.3 is 5.97 Å². The number of hydrogen-bond acceptors (Lipinski definition) is 3. The minimum Gasteiger partial charge on any atom is -0.480 e. The molecule has 1 amide bonds. The Morgan fingerprint density at radius 1 is 1.15 bits per heavy atom. The number of nitrogens with two attached hydrogens (primary N) is 1. The van der Waals surface area contributed by atoms with Gasteiger partial charge in [0.15, 0.2) is 0 Å². The first-order valence-electron chi connectivity index (χ1n) is 6.94. The maximum absolute atomic E-state index is 12.2. The third-order valence-electron chi connectivity index (χ3n) is 3.62. The smallest absolute Gasteiger partial charge is 0.320 e. The van der Waals surface area contributed by atoms with Crippen molar-refractivity contribution in [2.75, 3.05) is 13.1 Å². The van der Waals surface area contributed by atoms with Crippen LogP contribution in [0.4, 0.5) is 0 Å². The SMILES string of the molecule is N[C@@H](Cc1ccc(C(=O)N2CCCCC2)cc1)C(=O)O. The second kappa shape index (κ2) is 6.52. The van der Waals surface area contributed by atoms with Gasteiger partial charge in [-0.05, 0) is 43.4 Å². The summed E-state index contributed by atoms with van der Waals surface area (Å²) in [6, 6.07) is 6.15. The number of carboxylic acid groups (broad SMARTS) is 1. The molecule has 1 aliphatic heterocycles. The summed E-state index contributed by atoms with van der Waals surface area (Å²) in [5.74, 6) is -0.961. The van der Waals surface area contributed by atoms with Crippen LogP contribution in [0.3, 0.4) is 0 Å². The van der Waals surface area contributed by atoms with Crippen molar-refractivity contribution in [1.29, 1.82) is 0 Å². The van der Waals surface area contributed by atoms with Crippen LogP contribution in [0, 0.1) is 0 Å². The number of carbonyl (C=O) groups excluding carboxylic acids is 1. The fraction of sp³-hybridized carbons (Fsp3) is 0.467. The fourth-order valence-electron chi connectivity index (χ4n) is 2.40. The highest BCUT2D eigenvalue weighted by Gasteiger charge is 2.18. The number of piperidine rings is 1. The molecule has 1 aromatic carbocycles. The number of hydrogen-bond donors (Lipinski definition) is 2. The van der Waals surface area contributed by atoms with Crippen molar-refractivity contribution in [1.82, 2.24) is 4.90 Å². The van der Waals surface area contributed by atoms with Crippen molar-refractivity contribution < 1.29 is 14.7 Å². The normalized spacial score (nSPS) is 16.8. The van der Waals surface area contributed by atoms with Crippen LogP contribution < -0.4 is 5.73 Å². The summed E-state index contributed by atoms with van der Waals surface area (Å²) in [7, 11) is 0. The largest absolute Gasteiger partial charge is 0.480 e. The molecule has 20 heavy (non-hydrogen) atoms. The van der Waals surface area contributed by atoms with Gasteiger partial charge in [0.25, 0.3) is 5.91 Å². The first kappa shape index (κ1) is 14.5. The number of carboxylic acids is 1. The molecule has 5 nitrogen and oxygen atoms in total. The summed E-state index contributed by atoms with van der Waals surface area (Å²) in [4.78, 5) is 24.8. The Labute approximate surface area is 118 Å². The molecule has 0 aromatic heterocycles. The van der Waals surface area contributed by atoms with E-state index in [4.69, 9.17) is 10.8 Å². The van der Waals surface area contributed by atoms with Crippen molar-refractivity contribution >= 4 is 11.9 Å². The van der Waals surface area contributed by atoms with Gasteiger partial charge in [-0.15, -0.1) is 0 Å². The molecule has 0 aliphatic carbocycles. The second-order valence-corrected chi connectivity index (χ2v) is 5.20. The molecule has 108 valence electrons. The highest BCUT2D eigenvalue weighted by atomic mass is 16.4. The molecule has 1 aromatic rings. The van der Waals surface area contributed by atoms with Gasteiger partial charge in [0.05, 0.1) is 0 Å². The van der Waals surface area contributed by atoms with Crippen LogP contribution in [0.25, 0.3) is 0 Å². The molecule has 1 aliphatic rings. The third kappa shape index (κ3) is 3.57. The summed E-state index contributed by atoms with van der Waals surface area (Å²) < 4.78 is 0. The number of amides is 1. The molecule has 2 rings (SSSR count). The molecule has 0 spiro atoms. The van der Waals surface area contributed by atoms with E-state index in [0.717, 1.165) is 31.5 Å². The first-order chi connectivity index (χ1) is 9.58. The summed E-state index contributed by atoms with van der Waals surface area (Å²) in [6.07, 6.45) is 3.60. The van der Waals surface area contributed by atoms with E-state index in [0.29, 0.717) is 5.56 Å². The lowest BCUT2D eigenvalue weighted by Crippen LogP contribution is -2.35. The van der Waals surface area contributed by atoms with Crippen molar-refractivity contribution in [2.45, 2.75) is 31.7 Å². The number of benzene rings is 1. The van der Waals surface area contributed by atoms with Crippen molar-refractivity contribution in [3.8, 4) is 0 Å². The van der Waals surface area contributed by atoms with Gasteiger partial charge in [-0.25, -0.2) is 0 Å². The van der Waals surface area contributed by atoms with E-state index in [9.17, 15) is 9.59 Å². The summed E-state index contributed by atoms with van der Waals surface area (Å²) >= 11 is 0. The molecule has 1 fully saturated rings. The monoisotopic (exact) mass is 276 g/mol. The number of aliphatic carboxylic acids is 1. The molecular formula is C15H20N2O3. The Hall–Kier alpha value is -1.88. The average molecular weight is 276 g/mol. The standard InChI is InChI=1S/C15H20N2O3/c16-13(15(19)20)10-11-4-6-12(7-5-11)14(18)17-8-2-1-3-9-17/h4-7,13H,1-3,8-10,16H2,(H,19,20)/t13-/m0/s1. The van der Waals surface area contributed by atoms with Crippen LogP contribution in [-0.2, 0) is 11.2 Å². The fourth-order valence-corrected chi connectivity index (χ4v) is 2.40. The molecule has 0 radical (unpaired) electrons. The maximum atomic E-state index is 12.2. The van der Waals surface area contributed by atoms with Gasteiger partial charge in [0, 0.05) is 18.7 Å². The van der Waals surface area contributed by atoms with Crippen LogP contribution in [0.5, 0.6) is 0 Å². The van der Waals surface area contributed by atoms with Crippen LogP contribution in [0.1, 0.15) is 35.2 Å². The van der Waals surface area contributed by atoms with Crippen LogP contribution in [0.15, 0.2) is 24.3 Å². The number of nitrogens with zero attached hydrogens (tertiary/aromatic N) is 1. The van der Waals surface area contributed by atoms with E-state index < -0.39 is 12.0 Å². The maximum Gasteiger partial charge on any atom is 0.320 e. The van der Waals surface area contributed by atoms with Crippen LogP contribution in [-0.4, -0.2) is 41.0 Å². The molecule has 5 heteroatoms. The zero-order valence-corrected chi connectivity index (χ0v) is 11.4. The Bertz CT molecular complexity index is 478. The van der Waals surface area contributed by atoms with Crippen molar-refractivity contribution in [2.24, 2.45) is 5.73 Å². The molecular weight excluding hydrogens is 256 g/mol. The van der Waals surface area contributed by atoms with Crippen molar-refractivity contribution in [3.05, 3.63) is 35.4 Å². The topological polar surface area (TPSA) is 83.6 Å². The van der Waals surface area contributed by atoms with E-state index in [2.05, 4.69) is 0 Å². The van der Waals surface area contributed by atoms with E-state index >= 15 is 0 Å². The van der Waals surface area contributed by atoms with Gasteiger partial charge in [-0.2, -0.15) is 0 Å². The Morgan fingerprint density at radius 3 is 2.30 bits per heavy atom. The van der Waals surface area contributed by atoms with E-state index in [1.807, 2.05) is 4.90 Å². The van der Waals surface area contributed by atoms with Crippen molar-refractivity contribution in [3.63, 3.8) is 0 Å². The zero-order valence-electron chi connectivity index (χ0n) is 11.4. The molecule has 3 N–H and O–H groups in total. The molecule has 0 bridgehead atoms. The molecule has 1 saturated heterocycles. The Morgan fingerprint density at radius 2 is 1.75 bits per heavy atom. The van der Waals surface area contributed by atoms with Gasteiger partial charge in [-0.3, -0.25) is 9.59 Å². The lowest BCUT2D eigenvalue weighted by Gasteiger charge is -2.26. The summed E-state index contributed by atoms with van der Waals surface area (Å²) in [6.45, 7) is 1.65. The molecule has 0 unspecified atom stereocenters. The molecule has 1 atom stereocenters. The van der Waals surface area contributed by atoms with Crippen LogP contribution in [0.2, 0.25) is 0 Å². The highest BCUT2D eigenvalue weighted by molar-refractivity contribution is 5.94. The van der Waals surface area contributed by atoms with Gasteiger partial charge in [0.2, 0.25) is 0 Å². The minimum atomic E-state index is -1.02. The molecule has 0 saturated carbocycles. The third-order valence-corrected chi connectivity index (χ3v) is 3.62. The van der Waals surface area contributed by atoms with Crippen LogP contribution >= 0.6 is 0 Å².